The number of benzene rings is 2. The fourth-order valence-corrected chi connectivity index (χ4v) is 3.19. The van der Waals surface area contributed by atoms with E-state index >= 15 is 0 Å². The Morgan fingerprint density at radius 1 is 1.04 bits per heavy atom. The highest BCUT2D eigenvalue weighted by molar-refractivity contribution is 5.94. The molecule has 2 aromatic rings. The van der Waals surface area contributed by atoms with E-state index in [4.69, 9.17) is 0 Å². The Labute approximate surface area is 135 Å². The van der Waals surface area contributed by atoms with E-state index in [1.54, 1.807) is 12.1 Å². The van der Waals surface area contributed by atoms with Crippen LogP contribution in [0.15, 0.2) is 54.6 Å². The number of halogens is 1. The van der Waals surface area contributed by atoms with Gasteiger partial charge in [-0.25, -0.2) is 4.39 Å². The van der Waals surface area contributed by atoms with Gasteiger partial charge in [0.1, 0.15) is 5.82 Å². The Kier molecular flexibility index (Phi) is 5.03. The molecule has 1 saturated carbocycles. The molecule has 1 atom stereocenters. The maximum absolute atomic E-state index is 13.0. The molecule has 1 amide bonds. The van der Waals surface area contributed by atoms with E-state index in [-0.39, 0.29) is 17.8 Å². The summed E-state index contributed by atoms with van der Waals surface area (Å²) >= 11 is 0. The highest BCUT2D eigenvalue weighted by Gasteiger charge is 2.29. The fraction of sp³-hybridized carbons (Fsp3) is 0.316. The van der Waals surface area contributed by atoms with Gasteiger partial charge >= 0.3 is 0 Å². The summed E-state index contributed by atoms with van der Waals surface area (Å²) in [6.07, 6.45) is 4.80. The summed E-state index contributed by atoms with van der Waals surface area (Å²) in [4.78, 5) is 12.7. The summed E-state index contributed by atoms with van der Waals surface area (Å²) in [5.41, 5.74) is 1.62. The van der Waals surface area contributed by atoms with Crippen molar-refractivity contribution in [3.63, 3.8) is 0 Å². The minimum Gasteiger partial charge on any atom is -0.330 e. The van der Waals surface area contributed by atoms with Crippen LogP contribution in [0.2, 0.25) is 0 Å². The molecule has 0 bridgehead atoms. The molecule has 3 rings (SSSR count). The molecular formula is C19H22FN2O+. The molecule has 23 heavy (non-hydrogen) atoms. The molecule has 0 aliphatic heterocycles. The lowest BCUT2D eigenvalue weighted by Gasteiger charge is -2.19. The average Bonchev–Trinajstić information content (AvgIpc) is 3.09. The minimum absolute atomic E-state index is 0.0605. The molecule has 0 saturated heterocycles. The Bertz CT molecular complexity index is 636. The number of hydrogen-bond acceptors (Lipinski definition) is 1. The van der Waals surface area contributed by atoms with Gasteiger partial charge in [-0.3, -0.25) is 4.79 Å². The van der Waals surface area contributed by atoms with Crippen molar-refractivity contribution in [2.75, 3.05) is 5.32 Å². The van der Waals surface area contributed by atoms with Gasteiger partial charge in [-0.15, -0.1) is 0 Å². The number of anilines is 1. The molecule has 1 fully saturated rings. The molecule has 0 heterocycles. The molecule has 0 spiro atoms. The highest BCUT2D eigenvalue weighted by atomic mass is 19.1. The first-order valence-electron chi connectivity index (χ1n) is 8.19. The van der Waals surface area contributed by atoms with Crippen LogP contribution in [0.5, 0.6) is 0 Å². The van der Waals surface area contributed by atoms with Crippen LogP contribution in [-0.4, -0.2) is 11.9 Å². The first kappa shape index (κ1) is 15.7. The number of rotatable bonds is 5. The largest absolute Gasteiger partial charge is 0.330 e. The average molecular weight is 313 g/mol. The maximum Gasteiger partial charge on any atom is 0.287 e. The Morgan fingerprint density at radius 3 is 2.35 bits per heavy atom. The van der Waals surface area contributed by atoms with Gasteiger partial charge in [0.2, 0.25) is 0 Å². The lowest BCUT2D eigenvalue weighted by molar-refractivity contribution is -0.714. The van der Waals surface area contributed by atoms with Gasteiger partial charge in [-0.2, -0.15) is 0 Å². The Hall–Kier alpha value is -2.20. The fourth-order valence-electron chi connectivity index (χ4n) is 3.19. The standard InChI is InChI=1S/C19H21FN2O/c20-15-10-12-17(13-11-15)22-19(23)18(14-6-2-1-3-7-14)21-16-8-4-5-9-16/h1-3,6-7,10-13,16,18,21H,4-5,8-9H2,(H,22,23)/p+1/t18-/m1/s1. The number of nitrogens with one attached hydrogen (secondary N) is 1. The molecule has 3 N–H and O–H groups in total. The zero-order chi connectivity index (χ0) is 16.1. The van der Waals surface area contributed by atoms with Crippen molar-refractivity contribution < 1.29 is 14.5 Å². The Morgan fingerprint density at radius 2 is 1.70 bits per heavy atom. The van der Waals surface area contributed by atoms with Crippen LogP contribution in [0.25, 0.3) is 0 Å². The van der Waals surface area contributed by atoms with Gasteiger partial charge in [0, 0.05) is 11.3 Å². The van der Waals surface area contributed by atoms with Crippen LogP contribution in [0.4, 0.5) is 10.1 Å². The third kappa shape index (κ3) is 4.17. The third-order valence-electron chi connectivity index (χ3n) is 4.42. The van der Waals surface area contributed by atoms with Crippen LogP contribution >= 0.6 is 0 Å². The highest BCUT2D eigenvalue weighted by Crippen LogP contribution is 2.18. The zero-order valence-electron chi connectivity index (χ0n) is 13.0. The number of hydrogen-bond donors (Lipinski definition) is 2. The predicted octanol–water partition coefficient (Wildman–Crippen LogP) is 3.01. The van der Waals surface area contributed by atoms with E-state index in [0.29, 0.717) is 11.7 Å². The smallest absolute Gasteiger partial charge is 0.287 e. The van der Waals surface area contributed by atoms with Crippen molar-refractivity contribution in [1.29, 1.82) is 0 Å². The minimum atomic E-state index is -0.305. The van der Waals surface area contributed by atoms with E-state index in [1.165, 1.54) is 25.0 Å². The third-order valence-corrected chi connectivity index (χ3v) is 4.42. The van der Waals surface area contributed by atoms with Crippen LogP contribution in [0, 0.1) is 5.82 Å². The number of amides is 1. The molecule has 2 aromatic carbocycles. The van der Waals surface area contributed by atoms with Gasteiger partial charge < -0.3 is 10.6 Å². The van der Waals surface area contributed by atoms with E-state index in [9.17, 15) is 9.18 Å². The van der Waals surface area contributed by atoms with Gasteiger partial charge in [-0.05, 0) is 49.9 Å². The van der Waals surface area contributed by atoms with Crippen molar-refractivity contribution in [3.8, 4) is 0 Å². The molecular weight excluding hydrogens is 291 g/mol. The monoisotopic (exact) mass is 313 g/mol. The second-order valence-corrected chi connectivity index (χ2v) is 6.12. The van der Waals surface area contributed by atoms with Crippen molar-refractivity contribution in [1.82, 2.24) is 0 Å². The summed E-state index contributed by atoms with van der Waals surface area (Å²) in [6.45, 7) is 0. The molecule has 0 aromatic heterocycles. The van der Waals surface area contributed by atoms with Crippen molar-refractivity contribution in [2.45, 2.75) is 37.8 Å². The molecule has 120 valence electrons. The second kappa shape index (κ2) is 7.38. The van der Waals surface area contributed by atoms with E-state index in [1.807, 2.05) is 30.3 Å². The summed E-state index contributed by atoms with van der Waals surface area (Å²) in [6, 6.07) is 15.9. The molecule has 1 aliphatic rings. The molecule has 3 nitrogen and oxygen atoms in total. The number of quaternary nitrogens is 1. The van der Waals surface area contributed by atoms with Gasteiger partial charge in [-0.1, -0.05) is 30.3 Å². The predicted molar refractivity (Wildman–Crippen MR) is 88.4 cm³/mol. The second-order valence-electron chi connectivity index (χ2n) is 6.12. The lowest BCUT2D eigenvalue weighted by Crippen LogP contribution is -2.92. The van der Waals surface area contributed by atoms with Crippen LogP contribution in [0.1, 0.15) is 37.3 Å². The van der Waals surface area contributed by atoms with Gasteiger partial charge in [0.15, 0.2) is 6.04 Å². The van der Waals surface area contributed by atoms with Crippen LogP contribution in [0.3, 0.4) is 0 Å². The zero-order valence-corrected chi connectivity index (χ0v) is 13.0. The summed E-state index contributed by atoms with van der Waals surface area (Å²) in [7, 11) is 0. The van der Waals surface area contributed by atoms with Crippen molar-refractivity contribution in [2.24, 2.45) is 0 Å². The SMILES string of the molecule is O=C(Nc1ccc(F)cc1)[C@H]([NH2+]C1CCCC1)c1ccccc1. The van der Waals surface area contributed by atoms with Gasteiger partial charge in [0.25, 0.3) is 5.91 Å². The number of nitrogens with two attached hydrogens (primary N) is 1. The van der Waals surface area contributed by atoms with E-state index < -0.39 is 0 Å². The topological polar surface area (TPSA) is 45.7 Å². The molecule has 4 heteroatoms. The van der Waals surface area contributed by atoms with Crippen LogP contribution in [-0.2, 0) is 4.79 Å². The summed E-state index contributed by atoms with van der Waals surface area (Å²) in [5, 5.41) is 5.09. The molecule has 0 unspecified atom stereocenters. The number of carbonyl (C=O) groups is 1. The quantitative estimate of drug-likeness (QED) is 0.876. The van der Waals surface area contributed by atoms with E-state index in [2.05, 4.69) is 10.6 Å². The molecule has 1 aliphatic carbocycles. The summed E-state index contributed by atoms with van der Waals surface area (Å²) in [5.74, 6) is -0.366. The van der Waals surface area contributed by atoms with Crippen LogP contribution < -0.4 is 10.6 Å². The van der Waals surface area contributed by atoms with Crippen molar-refractivity contribution >= 4 is 11.6 Å². The maximum atomic E-state index is 13.0. The first-order valence-corrected chi connectivity index (χ1v) is 8.19. The van der Waals surface area contributed by atoms with Crippen molar-refractivity contribution in [3.05, 3.63) is 66.0 Å². The normalized spacial score (nSPS) is 16.2. The number of carbonyl (C=O) groups excluding carboxylic acids is 1. The lowest BCUT2D eigenvalue weighted by atomic mass is 10.0. The van der Waals surface area contributed by atoms with E-state index in [0.717, 1.165) is 18.4 Å². The van der Waals surface area contributed by atoms with Gasteiger partial charge in [0.05, 0.1) is 6.04 Å². The summed E-state index contributed by atoms with van der Waals surface area (Å²) < 4.78 is 13.0. The Balaban J connectivity index is 1.76. The first-order chi connectivity index (χ1) is 11.2. The molecule has 0 radical (unpaired) electrons.